The Hall–Kier alpha value is -2.87. The zero-order valence-electron chi connectivity index (χ0n) is 17.6. The van der Waals surface area contributed by atoms with Crippen LogP contribution in [-0.2, 0) is 14.6 Å². The number of piperidine rings is 1. The van der Waals surface area contributed by atoms with Crippen molar-refractivity contribution in [1.82, 2.24) is 14.9 Å². The number of benzene rings is 2. The van der Waals surface area contributed by atoms with Gasteiger partial charge in [-0.3, -0.25) is 4.79 Å². The third-order valence-electron chi connectivity index (χ3n) is 5.70. The van der Waals surface area contributed by atoms with E-state index < -0.39 is 9.84 Å². The highest BCUT2D eigenvalue weighted by Crippen LogP contribution is 2.28. The topological polar surface area (TPSA) is 92.4 Å². The van der Waals surface area contributed by atoms with E-state index in [9.17, 15) is 13.2 Å². The molecule has 2 aromatic carbocycles. The Kier molecular flexibility index (Phi) is 6.27. The molecule has 1 amide bonds. The summed E-state index contributed by atoms with van der Waals surface area (Å²) in [5.74, 6) is 2.13. The molecule has 0 saturated carbocycles. The lowest BCUT2D eigenvalue weighted by Gasteiger charge is -2.31. The molecule has 0 unspecified atom stereocenters. The predicted molar refractivity (Wildman–Crippen MR) is 119 cm³/mol. The molecule has 7 nitrogen and oxygen atoms in total. The number of nitrogens with zero attached hydrogens (tertiary/aromatic N) is 2. The maximum atomic E-state index is 12.5. The lowest BCUT2D eigenvalue weighted by Crippen LogP contribution is -2.38. The maximum Gasteiger partial charge on any atom is 0.222 e. The molecule has 1 fully saturated rings. The normalized spacial score (nSPS) is 15.3. The fourth-order valence-corrected chi connectivity index (χ4v) is 4.55. The highest BCUT2D eigenvalue weighted by Gasteiger charge is 2.25. The average Bonchev–Trinajstić information content (AvgIpc) is 3.21. The number of aromatic nitrogens is 2. The fraction of sp³-hybridized carbons (Fsp3) is 0.391. The number of hydrogen-bond donors (Lipinski definition) is 1. The van der Waals surface area contributed by atoms with E-state index in [0.717, 1.165) is 42.8 Å². The van der Waals surface area contributed by atoms with Crippen molar-refractivity contribution in [3.8, 4) is 5.75 Å². The lowest BCUT2D eigenvalue weighted by atomic mass is 9.96. The van der Waals surface area contributed by atoms with E-state index in [-0.39, 0.29) is 10.8 Å². The number of amides is 1. The van der Waals surface area contributed by atoms with E-state index in [1.54, 1.807) is 12.1 Å². The Labute approximate surface area is 182 Å². The summed E-state index contributed by atoms with van der Waals surface area (Å²) >= 11 is 0. The Morgan fingerprint density at radius 3 is 2.52 bits per heavy atom. The van der Waals surface area contributed by atoms with Gasteiger partial charge in [-0.05, 0) is 55.7 Å². The Bertz CT molecular complexity index is 1110. The summed E-state index contributed by atoms with van der Waals surface area (Å²) < 4.78 is 28.6. The molecular formula is C23H27N3O4S. The van der Waals surface area contributed by atoms with Crippen LogP contribution in [0.5, 0.6) is 5.75 Å². The quantitative estimate of drug-likeness (QED) is 0.566. The molecule has 164 valence electrons. The number of carbonyl (C=O) groups is 1. The summed E-state index contributed by atoms with van der Waals surface area (Å²) in [4.78, 5) is 22.8. The Morgan fingerprint density at radius 1 is 1.13 bits per heavy atom. The third-order valence-corrected chi connectivity index (χ3v) is 6.83. The fourth-order valence-electron chi connectivity index (χ4n) is 3.92. The summed E-state index contributed by atoms with van der Waals surface area (Å²) in [5, 5.41) is 0. The number of imidazole rings is 1. The minimum absolute atomic E-state index is 0.152. The van der Waals surface area contributed by atoms with Crippen LogP contribution in [0.2, 0.25) is 0 Å². The van der Waals surface area contributed by atoms with Gasteiger partial charge in [0.25, 0.3) is 0 Å². The summed E-state index contributed by atoms with van der Waals surface area (Å²) in [6.07, 6.45) is 4.06. The van der Waals surface area contributed by atoms with Gasteiger partial charge < -0.3 is 14.6 Å². The van der Waals surface area contributed by atoms with Crippen LogP contribution in [0.25, 0.3) is 11.0 Å². The summed E-state index contributed by atoms with van der Waals surface area (Å²) in [6, 6.07) is 14.4. The van der Waals surface area contributed by atoms with Gasteiger partial charge in [0.2, 0.25) is 5.91 Å². The van der Waals surface area contributed by atoms with Gasteiger partial charge in [0.15, 0.2) is 9.84 Å². The van der Waals surface area contributed by atoms with Crippen LogP contribution in [0.4, 0.5) is 0 Å². The molecule has 1 N–H and O–H groups in total. The molecule has 1 aliphatic heterocycles. The van der Waals surface area contributed by atoms with Crippen LogP contribution < -0.4 is 4.74 Å². The number of rotatable bonds is 7. The zero-order chi connectivity index (χ0) is 21.8. The molecule has 3 aromatic rings. The molecule has 0 bridgehead atoms. The zero-order valence-corrected chi connectivity index (χ0v) is 18.4. The predicted octanol–water partition coefficient (Wildman–Crippen LogP) is 3.53. The highest BCUT2D eigenvalue weighted by molar-refractivity contribution is 7.90. The number of H-pyrrole nitrogens is 1. The van der Waals surface area contributed by atoms with Crippen LogP contribution >= 0.6 is 0 Å². The van der Waals surface area contributed by atoms with Gasteiger partial charge in [0.1, 0.15) is 11.6 Å². The standard InChI is InChI=1S/C23H27N3O4S/c1-31(28,29)19-10-8-18(9-11-19)30-16-4-7-22(27)26-14-12-17(13-15-26)23-24-20-5-2-3-6-21(20)25-23/h2-3,5-6,8-11,17H,4,7,12-16H2,1H3,(H,24,25). The first-order valence-corrected chi connectivity index (χ1v) is 12.4. The maximum absolute atomic E-state index is 12.5. The van der Waals surface area contributed by atoms with E-state index in [4.69, 9.17) is 9.72 Å². The van der Waals surface area contributed by atoms with E-state index in [1.807, 2.05) is 29.2 Å². The van der Waals surface area contributed by atoms with Crippen molar-refractivity contribution >= 4 is 26.8 Å². The van der Waals surface area contributed by atoms with Crippen molar-refractivity contribution in [1.29, 1.82) is 0 Å². The second-order valence-corrected chi connectivity index (χ2v) is 10.0. The van der Waals surface area contributed by atoms with Gasteiger partial charge in [-0.1, -0.05) is 12.1 Å². The number of carbonyl (C=O) groups excluding carboxylic acids is 1. The number of fused-ring (bicyclic) bond motifs is 1. The van der Waals surface area contributed by atoms with Crippen LogP contribution in [0, 0.1) is 0 Å². The average molecular weight is 442 g/mol. The second kappa shape index (κ2) is 9.09. The Morgan fingerprint density at radius 2 is 1.84 bits per heavy atom. The van der Waals surface area contributed by atoms with E-state index in [0.29, 0.717) is 31.1 Å². The number of nitrogens with one attached hydrogen (secondary N) is 1. The third kappa shape index (κ3) is 5.25. The molecule has 0 aliphatic carbocycles. The van der Waals surface area contributed by atoms with Crippen LogP contribution in [0.3, 0.4) is 0 Å². The Balaban J connectivity index is 1.19. The van der Waals surface area contributed by atoms with Crippen molar-refractivity contribution in [2.75, 3.05) is 26.0 Å². The molecule has 1 aliphatic rings. The van der Waals surface area contributed by atoms with Crippen LogP contribution in [0.15, 0.2) is 53.4 Å². The first-order chi connectivity index (χ1) is 14.9. The largest absolute Gasteiger partial charge is 0.494 e. The lowest BCUT2D eigenvalue weighted by molar-refractivity contribution is -0.132. The van der Waals surface area contributed by atoms with Gasteiger partial charge in [-0.2, -0.15) is 0 Å². The minimum Gasteiger partial charge on any atom is -0.494 e. The smallest absolute Gasteiger partial charge is 0.222 e. The van der Waals surface area contributed by atoms with Crippen LogP contribution in [0.1, 0.15) is 37.4 Å². The number of sulfone groups is 1. The molecule has 8 heteroatoms. The highest BCUT2D eigenvalue weighted by atomic mass is 32.2. The van der Waals surface area contributed by atoms with Gasteiger partial charge in [0.05, 0.1) is 22.5 Å². The monoisotopic (exact) mass is 441 g/mol. The first kappa shape index (κ1) is 21.4. The molecular weight excluding hydrogens is 414 g/mol. The van der Waals surface area contributed by atoms with E-state index >= 15 is 0 Å². The van der Waals surface area contributed by atoms with Gasteiger partial charge in [-0.15, -0.1) is 0 Å². The number of aromatic amines is 1. The van der Waals surface area contributed by atoms with Crippen LogP contribution in [-0.4, -0.2) is 55.1 Å². The molecule has 4 rings (SSSR count). The van der Waals surface area contributed by atoms with Crippen molar-refractivity contribution in [3.63, 3.8) is 0 Å². The van der Waals surface area contributed by atoms with Crippen molar-refractivity contribution < 1.29 is 17.9 Å². The molecule has 0 radical (unpaired) electrons. The summed E-state index contributed by atoms with van der Waals surface area (Å²) in [7, 11) is -3.21. The second-order valence-electron chi connectivity index (χ2n) is 7.99. The SMILES string of the molecule is CS(=O)(=O)c1ccc(OCCCC(=O)N2CCC(c3nc4ccccc4[nH]3)CC2)cc1. The molecule has 31 heavy (non-hydrogen) atoms. The number of ether oxygens (including phenoxy) is 1. The number of likely N-dealkylation sites (tertiary alicyclic amines) is 1. The molecule has 1 aromatic heterocycles. The molecule has 1 saturated heterocycles. The van der Waals surface area contributed by atoms with Crippen molar-refractivity contribution in [2.45, 2.75) is 36.5 Å². The summed E-state index contributed by atoms with van der Waals surface area (Å²) in [5.41, 5.74) is 2.05. The molecule has 0 spiro atoms. The summed E-state index contributed by atoms with van der Waals surface area (Å²) in [6.45, 7) is 1.90. The number of para-hydroxylation sites is 2. The van der Waals surface area contributed by atoms with E-state index in [1.165, 1.54) is 18.4 Å². The van der Waals surface area contributed by atoms with Gasteiger partial charge in [0, 0.05) is 31.7 Å². The molecule has 2 heterocycles. The van der Waals surface area contributed by atoms with Gasteiger partial charge >= 0.3 is 0 Å². The molecule has 0 atom stereocenters. The minimum atomic E-state index is -3.21. The number of hydrogen-bond acceptors (Lipinski definition) is 5. The van der Waals surface area contributed by atoms with Gasteiger partial charge in [-0.25, -0.2) is 13.4 Å². The first-order valence-electron chi connectivity index (χ1n) is 10.6. The van der Waals surface area contributed by atoms with Crippen molar-refractivity contribution in [2.24, 2.45) is 0 Å². The van der Waals surface area contributed by atoms with E-state index in [2.05, 4.69) is 4.98 Å². The van der Waals surface area contributed by atoms with Crippen molar-refractivity contribution in [3.05, 3.63) is 54.4 Å².